The second-order valence-electron chi connectivity index (χ2n) is 5.74. The highest BCUT2D eigenvalue weighted by atomic mass is 35.5. The number of H-pyrrole nitrogens is 1. The maximum absolute atomic E-state index is 6.50. The van der Waals surface area contributed by atoms with Gasteiger partial charge in [-0.2, -0.15) is 0 Å². The molecule has 4 N–H and O–H groups in total. The van der Waals surface area contributed by atoms with E-state index in [0.29, 0.717) is 40.4 Å². The van der Waals surface area contributed by atoms with Gasteiger partial charge < -0.3 is 16.0 Å². The summed E-state index contributed by atoms with van der Waals surface area (Å²) in [5.74, 6) is 0.669. The van der Waals surface area contributed by atoms with Crippen LogP contribution in [0.25, 0.3) is 22.2 Å². The Kier molecular flexibility index (Phi) is 5.06. The Bertz CT molecular complexity index is 1110. The molecule has 8 nitrogen and oxygen atoms in total. The molecule has 4 rings (SSSR count). The van der Waals surface area contributed by atoms with Gasteiger partial charge in [-0.15, -0.1) is 0 Å². The molecule has 0 bridgehead atoms. The summed E-state index contributed by atoms with van der Waals surface area (Å²) >= 11 is 7.91. The number of fused-ring (bicyclic) bond motifs is 2. The molecule has 0 unspecified atom stereocenters. The van der Waals surface area contributed by atoms with Gasteiger partial charge in [0.1, 0.15) is 17.0 Å². The number of aromatic nitrogens is 6. The van der Waals surface area contributed by atoms with E-state index < -0.39 is 0 Å². The average Bonchev–Trinajstić information content (AvgIpc) is 3.02. The lowest BCUT2D eigenvalue weighted by Gasteiger charge is -2.08. The molecule has 0 fully saturated rings. The highest BCUT2D eigenvalue weighted by molar-refractivity contribution is 7.99. The minimum absolute atomic E-state index is 0.490. The monoisotopic (exact) mass is 400 g/mol. The van der Waals surface area contributed by atoms with Crippen LogP contribution >= 0.6 is 23.4 Å². The fourth-order valence-electron chi connectivity index (χ4n) is 2.70. The number of nitrogens with zero attached hydrogens (tertiary/aromatic N) is 5. The third kappa shape index (κ3) is 3.53. The molecular weight excluding hydrogens is 384 g/mol. The number of halogens is 1. The number of nitrogens with one attached hydrogen (secondary N) is 2. The molecule has 10 heteroatoms. The molecule has 27 heavy (non-hydrogen) atoms. The Morgan fingerprint density at radius 2 is 2.07 bits per heavy atom. The van der Waals surface area contributed by atoms with Gasteiger partial charge in [0.05, 0.1) is 10.4 Å². The molecule has 4 aromatic heterocycles. The van der Waals surface area contributed by atoms with Crippen molar-refractivity contribution in [1.82, 2.24) is 29.9 Å². The lowest BCUT2D eigenvalue weighted by Crippen LogP contribution is -2.14. The summed E-state index contributed by atoms with van der Waals surface area (Å²) in [5, 5.41) is 5.25. The molecule has 0 aliphatic carbocycles. The third-order valence-electron chi connectivity index (χ3n) is 3.94. The second kappa shape index (κ2) is 7.63. The Labute approximate surface area is 164 Å². The third-order valence-corrected chi connectivity index (χ3v) is 5.18. The van der Waals surface area contributed by atoms with Crippen molar-refractivity contribution in [2.24, 2.45) is 5.73 Å². The van der Waals surface area contributed by atoms with Gasteiger partial charge in [-0.3, -0.25) is 4.98 Å². The number of pyridine rings is 1. The van der Waals surface area contributed by atoms with Crippen molar-refractivity contribution in [3.05, 3.63) is 35.4 Å². The molecule has 0 atom stereocenters. The minimum atomic E-state index is 0.490. The molecule has 0 aliphatic heterocycles. The summed E-state index contributed by atoms with van der Waals surface area (Å²) in [4.78, 5) is 26.2. The van der Waals surface area contributed by atoms with Crippen LogP contribution in [0.4, 0.5) is 5.82 Å². The van der Waals surface area contributed by atoms with Crippen LogP contribution in [-0.2, 0) is 6.42 Å². The number of hydrogen-bond donors (Lipinski definition) is 3. The van der Waals surface area contributed by atoms with Gasteiger partial charge in [-0.05, 0) is 24.2 Å². The molecular formula is C17H17ClN8S. The highest BCUT2D eigenvalue weighted by Crippen LogP contribution is 2.35. The largest absolute Gasteiger partial charge is 0.368 e. The quantitative estimate of drug-likeness (QED) is 0.422. The lowest BCUT2D eigenvalue weighted by atomic mass is 10.3. The lowest BCUT2D eigenvalue weighted by molar-refractivity contribution is 0.958. The average molecular weight is 401 g/mol. The zero-order chi connectivity index (χ0) is 18.8. The van der Waals surface area contributed by atoms with E-state index in [2.05, 4.69) is 35.2 Å². The topological polar surface area (TPSA) is 118 Å². The first kappa shape index (κ1) is 17.9. The van der Waals surface area contributed by atoms with E-state index in [1.54, 1.807) is 18.6 Å². The standard InChI is InChI=1S/C17H17ClN8S/c1-2-10-13(18)12-15(21-4-3-19)25-17(26-16(12)24-10)27-9-7-11-14(23-8-9)22-6-5-20-11/h5-8H,2-4,19H2,1H3,(H2,21,24,25,26). The molecule has 138 valence electrons. The fourth-order valence-corrected chi connectivity index (χ4v) is 3.82. The molecule has 0 saturated heterocycles. The zero-order valence-electron chi connectivity index (χ0n) is 14.5. The number of aromatic amines is 1. The molecule has 0 aromatic carbocycles. The second-order valence-corrected chi connectivity index (χ2v) is 7.16. The van der Waals surface area contributed by atoms with E-state index >= 15 is 0 Å². The van der Waals surface area contributed by atoms with Gasteiger partial charge in [0.2, 0.25) is 0 Å². The van der Waals surface area contributed by atoms with Crippen LogP contribution in [0.15, 0.2) is 34.7 Å². The van der Waals surface area contributed by atoms with E-state index in [0.717, 1.165) is 27.9 Å². The van der Waals surface area contributed by atoms with Crippen LogP contribution in [0.5, 0.6) is 0 Å². The first-order valence-electron chi connectivity index (χ1n) is 8.46. The molecule has 0 amide bonds. The van der Waals surface area contributed by atoms with Gasteiger partial charge in [0.25, 0.3) is 0 Å². The molecule has 0 spiro atoms. The molecule has 4 aromatic rings. The van der Waals surface area contributed by atoms with Crippen molar-refractivity contribution in [1.29, 1.82) is 0 Å². The van der Waals surface area contributed by atoms with Gasteiger partial charge >= 0.3 is 0 Å². The molecule has 0 radical (unpaired) electrons. The van der Waals surface area contributed by atoms with Crippen molar-refractivity contribution >= 4 is 51.4 Å². The van der Waals surface area contributed by atoms with E-state index in [9.17, 15) is 0 Å². The minimum Gasteiger partial charge on any atom is -0.368 e. The van der Waals surface area contributed by atoms with Crippen LogP contribution in [0.1, 0.15) is 12.6 Å². The van der Waals surface area contributed by atoms with Crippen molar-refractivity contribution in [3.8, 4) is 0 Å². The number of aryl methyl sites for hydroxylation is 1. The normalized spacial score (nSPS) is 11.4. The number of hydrogen-bond acceptors (Lipinski definition) is 8. The molecule has 4 heterocycles. The maximum Gasteiger partial charge on any atom is 0.196 e. The first-order valence-corrected chi connectivity index (χ1v) is 9.65. The van der Waals surface area contributed by atoms with Crippen LogP contribution < -0.4 is 11.1 Å². The molecule has 0 saturated carbocycles. The number of nitrogens with two attached hydrogens (primary N) is 1. The highest BCUT2D eigenvalue weighted by Gasteiger charge is 2.17. The number of rotatable bonds is 6. The van der Waals surface area contributed by atoms with Gasteiger partial charge in [0.15, 0.2) is 10.8 Å². The summed E-state index contributed by atoms with van der Waals surface area (Å²) in [5.41, 5.74) is 8.59. The smallest absolute Gasteiger partial charge is 0.196 e. The van der Waals surface area contributed by atoms with Gasteiger partial charge in [0, 0.05) is 42.3 Å². The SMILES string of the molecule is CCc1[nH]c2nc(Sc3cnc4nccnc4c3)nc(NCCN)c2c1Cl. The molecule has 0 aliphatic rings. The van der Waals surface area contributed by atoms with Crippen LogP contribution in [-0.4, -0.2) is 43.0 Å². The van der Waals surface area contributed by atoms with Crippen molar-refractivity contribution < 1.29 is 0 Å². The van der Waals surface area contributed by atoms with E-state index in [-0.39, 0.29) is 0 Å². The predicted octanol–water partition coefficient (Wildman–Crippen LogP) is 3.03. The summed E-state index contributed by atoms with van der Waals surface area (Å²) in [6.07, 6.45) is 5.78. The van der Waals surface area contributed by atoms with E-state index in [1.165, 1.54) is 11.8 Å². The van der Waals surface area contributed by atoms with Crippen molar-refractivity contribution in [3.63, 3.8) is 0 Å². The van der Waals surface area contributed by atoms with Crippen LogP contribution in [0.2, 0.25) is 5.02 Å². The summed E-state index contributed by atoms with van der Waals surface area (Å²) < 4.78 is 0. The van der Waals surface area contributed by atoms with E-state index in [4.69, 9.17) is 17.3 Å². The Morgan fingerprint density at radius 3 is 2.89 bits per heavy atom. The number of anilines is 1. The van der Waals surface area contributed by atoms with Crippen molar-refractivity contribution in [2.75, 3.05) is 18.4 Å². The fraction of sp³-hybridized carbons (Fsp3) is 0.235. The Balaban J connectivity index is 1.75. The summed E-state index contributed by atoms with van der Waals surface area (Å²) in [7, 11) is 0. The van der Waals surface area contributed by atoms with Crippen molar-refractivity contribution in [2.45, 2.75) is 23.4 Å². The Morgan fingerprint density at radius 1 is 1.22 bits per heavy atom. The first-order chi connectivity index (χ1) is 13.2. The summed E-state index contributed by atoms with van der Waals surface area (Å²) in [6.45, 7) is 3.12. The summed E-state index contributed by atoms with van der Waals surface area (Å²) in [6, 6.07) is 1.92. The maximum atomic E-state index is 6.50. The zero-order valence-corrected chi connectivity index (χ0v) is 16.1. The predicted molar refractivity (Wildman–Crippen MR) is 107 cm³/mol. The van der Waals surface area contributed by atoms with Gasteiger partial charge in [-0.25, -0.2) is 19.9 Å². The van der Waals surface area contributed by atoms with Crippen LogP contribution in [0.3, 0.4) is 0 Å². The van der Waals surface area contributed by atoms with Gasteiger partial charge in [-0.1, -0.05) is 18.5 Å². The van der Waals surface area contributed by atoms with Crippen LogP contribution in [0, 0.1) is 0 Å². The van der Waals surface area contributed by atoms with E-state index in [1.807, 2.05) is 13.0 Å². The Hall–Kier alpha value is -2.49.